The zero-order valence-electron chi connectivity index (χ0n) is 15.7. The first-order valence-electron chi connectivity index (χ1n) is 9.08. The molecule has 0 atom stereocenters. The highest BCUT2D eigenvalue weighted by Crippen LogP contribution is 2.32. The number of ether oxygens (including phenoxy) is 1. The number of methoxy groups -OCH3 is 1. The second-order valence-electron chi connectivity index (χ2n) is 6.33. The Hall–Kier alpha value is -3.05. The largest absolute Gasteiger partial charge is 0.496 e. The highest BCUT2D eigenvalue weighted by Gasteiger charge is 2.17. The maximum atomic E-state index is 5.51. The molecular weight excluding hydrogens is 366 g/mol. The Labute approximate surface area is 168 Å². The minimum atomic E-state index is 0.637. The minimum absolute atomic E-state index is 0.637. The fraction of sp³-hybridized carbons (Fsp3) is 0.130. The molecular formula is C23H21N3OS. The van der Waals surface area contributed by atoms with Gasteiger partial charge in [0.15, 0.2) is 11.0 Å². The van der Waals surface area contributed by atoms with E-state index in [1.165, 1.54) is 16.3 Å². The van der Waals surface area contributed by atoms with E-state index in [0.717, 1.165) is 28.0 Å². The maximum Gasteiger partial charge on any atom is 0.192 e. The van der Waals surface area contributed by atoms with Crippen LogP contribution in [-0.4, -0.2) is 21.9 Å². The number of aromatic nitrogens is 3. The Morgan fingerprint density at radius 1 is 1.00 bits per heavy atom. The average molecular weight is 388 g/mol. The van der Waals surface area contributed by atoms with E-state index in [4.69, 9.17) is 4.74 Å². The smallest absolute Gasteiger partial charge is 0.192 e. The van der Waals surface area contributed by atoms with Crippen LogP contribution in [0.5, 0.6) is 5.75 Å². The molecule has 0 saturated carbocycles. The summed E-state index contributed by atoms with van der Waals surface area (Å²) in [5, 5.41) is 12.3. The summed E-state index contributed by atoms with van der Waals surface area (Å²) < 4.78 is 7.59. The molecule has 5 heteroatoms. The summed E-state index contributed by atoms with van der Waals surface area (Å²) in [5.74, 6) is 2.39. The summed E-state index contributed by atoms with van der Waals surface area (Å²) in [6, 6.07) is 22.7. The second-order valence-corrected chi connectivity index (χ2v) is 7.28. The average Bonchev–Trinajstić information content (AvgIpc) is 3.14. The number of allylic oxidation sites excluding steroid dienone is 1. The predicted octanol–water partition coefficient (Wildman–Crippen LogP) is 5.59. The van der Waals surface area contributed by atoms with Crippen LogP contribution in [0.1, 0.15) is 5.56 Å². The molecule has 3 aromatic carbocycles. The van der Waals surface area contributed by atoms with E-state index in [1.807, 2.05) is 30.3 Å². The normalized spacial score (nSPS) is 10.9. The fourth-order valence-electron chi connectivity index (χ4n) is 3.28. The van der Waals surface area contributed by atoms with Crippen LogP contribution >= 0.6 is 11.8 Å². The van der Waals surface area contributed by atoms with Crippen molar-refractivity contribution in [3.05, 3.63) is 84.9 Å². The van der Waals surface area contributed by atoms with E-state index < -0.39 is 0 Å². The van der Waals surface area contributed by atoms with E-state index in [2.05, 4.69) is 63.8 Å². The van der Waals surface area contributed by atoms with Gasteiger partial charge in [0, 0.05) is 12.3 Å². The van der Waals surface area contributed by atoms with Crippen LogP contribution < -0.4 is 4.74 Å². The third-order valence-corrected chi connectivity index (χ3v) is 5.63. The molecule has 4 aromatic rings. The van der Waals surface area contributed by atoms with Crippen LogP contribution in [0.15, 0.2) is 84.5 Å². The van der Waals surface area contributed by atoms with Crippen LogP contribution in [0.4, 0.5) is 0 Å². The molecule has 28 heavy (non-hydrogen) atoms. The number of para-hydroxylation sites is 1. The molecule has 0 fully saturated rings. The van der Waals surface area contributed by atoms with Gasteiger partial charge in [-0.15, -0.1) is 16.8 Å². The van der Waals surface area contributed by atoms with Gasteiger partial charge in [0.1, 0.15) is 5.75 Å². The molecule has 4 rings (SSSR count). The Kier molecular flexibility index (Phi) is 5.44. The fourth-order valence-corrected chi connectivity index (χ4v) is 4.23. The molecule has 140 valence electrons. The van der Waals surface area contributed by atoms with Crippen LogP contribution in [0, 0.1) is 0 Å². The zero-order chi connectivity index (χ0) is 19.3. The standard InChI is InChI=1S/C23H21N3OS/c1-3-15-26-22(20-13-6-7-14-21(20)27-2)24-25-23(26)28-16-18-11-8-10-17-9-4-5-12-19(17)18/h3-14H,1,15-16H2,2H3. The summed E-state index contributed by atoms with van der Waals surface area (Å²) >= 11 is 1.68. The molecule has 0 saturated heterocycles. The first-order chi connectivity index (χ1) is 13.8. The van der Waals surface area contributed by atoms with E-state index in [-0.39, 0.29) is 0 Å². The van der Waals surface area contributed by atoms with Gasteiger partial charge in [-0.2, -0.15) is 0 Å². The zero-order valence-corrected chi connectivity index (χ0v) is 16.5. The lowest BCUT2D eigenvalue weighted by Crippen LogP contribution is -2.01. The van der Waals surface area contributed by atoms with Crippen molar-refractivity contribution in [3.8, 4) is 17.1 Å². The van der Waals surface area contributed by atoms with Crippen molar-refractivity contribution in [1.29, 1.82) is 0 Å². The summed E-state index contributed by atoms with van der Waals surface area (Å²) in [4.78, 5) is 0. The van der Waals surface area contributed by atoms with Crippen LogP contribution in [0.3, 0.4) is 0 Å². The molecule has 1 heterocycles. The van der Waals surface area contributed by atoms with Gasteiger partial charge in [-0.3, -0.25) is 4.57 Å². The maximum absolute atomic E-state index is 5.51. The molecule has 4 nitrogen and oxygen atoms in total. The number of hydrogen-bond acceptors (Lipinski definition) is 4. The van der Waals surface area contributed by atoms with Gasteiger partial charge in [0.2, 0.25) is 0 Å². The van der Waals surface area contributed by atoms with Gasteiger partial charge in [0.25, 0.3) is 0 Å². The van der Waals surface area contributed by atoms with Gasteiger partial charge >= 0.3 is 0 Å². The number of thioether (sulfide) groups is 1. The number of hydrogen-bond donors (Lipinski definition) is 0. The van der Waals surface area contributed by atoms with Crippen LogP contribution in [0.2, 0.25) is 0 Å². The Morgan fingerprint density at radius 3 is 2.64 bits per heavy atom. The van der Waals surface area contributed by atoms with Crippen molar-refractivity contribution in [2.45, 2.75) is 17.5 Å². The molecule has 0 bridgehead atoms. The van der Waals surface area contributed by atoms with Crippen molar-refractivity contribution >= 4 is 22.5 Å². The number of nitrogens with zero attached hydrogens (tertiary/aromatic N) is 3. The third kappa shape index (κ3) is 3.53. The Morgan fingerprint density at radius 2 is 1.79 bits per heavy atom. The molecule has 0 aliphatic heterocycles. The number of rotatable bonds is 7. The Balaban J connectivity index is 1.67. The predicted molar refractivity (Wildman–Crippen MR) is 116 cm³/mol. The highest BCUT2D eigenvalue weighted by molar-refractivity contribution is 7.98. The van der Waals surface area contributed by atoms with E-state index in [9.17, 15) is 0 Å². The van der Waals surface area contributed by atoms with E-state index >= 15 is 0 Å². The lowest BCUT2D eigenvalue weighted by atomic mass is 10.1. The van der Waals surface area contributed by atoms with Crippen molar-refractivity contribution in [2.75, 3.05) is 7.11 Å². The lowest BCUT2D eigenvalue weighted by Gasteiger charge is -2.11. The van der Waals surface area contributed by atoms with Gasteiger partial charge in [0.05, 0.1) is 12.7 Å². The van der Waals surface area contributed by atoms with Gasteiger partial charge in [-0.25, -0.2) is 0 Å². The van der Waals surface area contributed by atoms with Crippen molar-refractivity contribution in [2.24, 2.45) is 0 Å². The lowest BCUT2D eigenvalue weighted by molar-refractivity contribution is 0.416. The van der Waals surface area contributed by atoms with Crippen LogP contribution in [-0.2, 0) is 12.3 Å². The molecule has 0 spiro atoms. The summed E-state index contributed by atoms with van der Waals surface area (Å²) in [6.45, 7) is 4.53. The SMILES string of the molecule is C=CCn1c(SCc2cccc3ccccc23)nnc1-c1ccccc1OC. The topological polar surface area (TPSA) is 39.9 Å². The number of benzene rings is 3. The monoisotopic (exact) mass is 387 g/mol. The van der Waals surface area contributed by atoms with Crippen LogP contribution in [0.25, 0.3) is 22.2 Å². The summed E-state index contributed by atoms with van der Waals surface area (Å²) in [7, 11) is 1.67. The highest BCUT2D eigenvalue weighted by atomic mass is 32.2. The first-order valence-corrected chi connectivity index (χ1v) is 10.1. The van der Waals surface area contributed by atoms with E-state index in [0.29, 0.717) is 6.54 Å². The molecule has 0 aliphatic carbocycles. The third-order valence-electron chi connectivity index (χ3n) is 4.61. The molecule has 0 amide bonds. The molecule has 1 aromatic heterocycles. The van der Waals surface area contributed by atoms with Crippen molar-refractivity contribution in [1.82, 2.24) is 14.8 Å². The quantitative estimate of drug-likeness (QED) is 0.306. The molecule has 0 unspecified atom stereocenters. The minimum Gasteiger partial charge on any atom is -0.496 e. The van der Waals surface area contributed by atoms with Crippen molar-refractivity contribution < 1.29 is 4.74 Å². The molecule has 0 N–H and O–H groups in total. The summed E-state index contributed by atoms with van der Waals surface area (Å²) in [5.41, 5.74) is 2.21. The van der Waals surface area contributed by atoms with Crippen molar-refractivity contribution in [3.63, 3.8) is 0 Å². The van der Waals surface area contributed by atoms with E-state index in [1.54, 1.807) is 18.9 Å². The number of fused-ring (bicyclic) bond motifs is 1. The molecule has 0 aliphatic rings. The van der Waals surface area contributed by atoms with Gasteiger partial charge in [-0.05, 0) is 28.5 Å². The Bertz CT molecular complexity index is 1110. The first kappa shape index (κ1) is 18.3. The van der Waals surface area contributed by atoms with Gasteiger partial charge in [-0.1, -0.05) is 72.4 Å². The van der Waals surface area contributed by atoms with Gasteiger partial charge < -0.3 is 4.74 Å². The second kappa shape index (κ2) is 8.31. The molecule has 0 radical (unpaired) electrons. The summed E-state index contributed by atoms with van der Waals surface area (Å²) in [6.07, 6.45) is 1.87.